The Morgan fingerprint density at radius 2 is 2.04 bits per heavy atom. The molecule has 3 aromatic rings. The molecule has 0 aliphatic carbocycles. The smallest absolute Gasteiger partial charge is 0.224 e. The molecule has 0 saturated heterocycles. The van der Waals surface area contributed by atoms with E-state index in [2.05, 4.69) is 10.4 Å². The van der Waals surface area contributed by atoms with Crippen LogP contribution >= 0.6 is 0 Å². The van der Waals surface area contributed by atoms with Crippen LogP contribution < -0.4 is 11.1 Å². The summed E-state index contributed by atoms with van der Waals surface area (Å²) in [5.74, 6) is -0.607. The van der Waals surface area contributed by atoms with Crippen molar-refractivity contribution in [3.8, 4) is 0 Å². The molecule has 0 fully saturated rings. The predicted molar refractivity (Wildman–Crippen MR) is 105 cm³/mol. The van der Waals surface area contributed by atoms with Crippen molar-refractivity contribution in [1.29, 1.82) is 0 Å². The number of carbonyl (C=O) groups is 1. The molecule has 0 unspecified atom stereocenters. The molecule has 0 bridgehead atoms. The maximum absolute atomic E-state index is 13.0. The molecule has 0 aliphatic rings. The molecule has 0 radical (unpaired) electrons. The normalized spacial score (nSPS) is 11.0. The van der Waals surface area contributed by atoms with Gasteiger partial charge in [0, 0.05) is 12.6 Å². The van der Waals surface area contributed by atoms with Crippen molar-refractivity contribution in [3.05, 3.63) is 83.9 Å². The van der Waals surface area contributed by atoms with Crippen LogP contribution in [0.5, 0.6) is 0 Å². The number of nitrogen functional groups attached to an aromatic ring is 1. The van der Waals surface area contributed by atoms with Crippen LogP contribution in [0.15, 0.2) is 67.0 Å². The Hall–Kier alpha value is -3.41. The van der Waals surface area contributed by atoms with Gasteiger partial charge in [0.25, 0.3) is 0 Å². The molecule has 0 saturated carbocycles. The summed E-state index contributed by atoms with van der Waals surface area (Å²) in [7, 11) is 0. The summed E-state index contributed by atoms with van der Waals surface area (Å²) in [5.41, 5.74) is 8.44. The number of anilines is 2. The first-order valence-corrected chi connectivity index (χ1v) is 8.68. The van der Waals surface area contributed by atoms with Gasteiger partial charge < -0.3 is 11.1 Å². The first kappa shape index (κ1) is 18.4. The maximum atomic E-state index is 13.0. The van der Waals surface area contributed by atoms with Crippen LogP contribution in [0.25, 0.3) is 6.08 Å². The van der Waals surface area contributed by atoms with Gasteiger partial charge in [0.05, 0.1) is 24.1 Å². The summed E-state index contributed by atoms with van der Waals surface area (Å²) in [4.78, 5) is 12.1. The lowest BCUT2D eigenvalue weighted by Crippen LogP contribution is -2.13. The second-order valence-corrected chi connectivity index (χ2v) is 6.16. The molecule has 27 heavy (non-hydrogen) atoms. The van der Waals surface area contributed by atoms with Crippen LogP contribution in [0.2, 0.25) is 0 Å². The Kier molecular flexibility index (Phi) is 5.99. The highest BCUT2D eigenvalue weighted by atomic mass is 19.1. The van der Waals surface area contributed by atoms with Crippen LogP contribution in [0.3, 0.4) is 0 Å². The molecule has 0 atom stereocenters. The molecule has 3 rings (SSSR count). The van der Waals surface area contributed by atoms with E-state index in [4.69, 9.17) is 5.73 Å². The van der Waals surface area contributed by atoms with Crippen molar-refractivity contribution in [2.75, 3.05) is 11.1 Å². The van der Waals surface area contributed by atoms with Gasteiger partial charge in [-0.15, -0.1) is 0 Å². The van der Waals surface area contributed by atoms with E-state index in [1.165, 1.54) is 18.2 Å². The number of nitrogens with zero attached hydrogens (tertiary/aromatic N) is 2. The molecule has 5 nitrogen and oxygen atoms in total. The molecular weight excluding hydrogens is 343 g/mol. The van der Waals surface area contributed by atoms with Crippen molar-refractivity contribution in [3.63, 3.8) is 0 Å². The molecule has 1 aromatic heterocycles. The number of rotatable bonds is 7. The highest BCUT2D eigenvalue weighted by Gasteiger charge is 2.07. The third-order valence-corrected chi connectivity index (χ3v) is 4.02. The molecule has 1 amide bonds. The van der Waals surface area contributed by atoms with Gasteiger partial charge in [-0.25, -0.2) is 4.39 Å². The van der Waals surface area contributed by atoms with E-state index >= 15 is 0 Å². The zero-order valence-electron chi connectivity index (χ0n) is 14.8. The minimum Gasteiger partial charge on any atom is -0.397 e. The second-order valence-electron chi connectivity index (χ2n) is 6.16. The van der Waals surface area contributed by atoms with E-state index in [0.29, 0.717) is 25.1 Å². The number of halogens is 1. The zero-order valence-corrected chi connectivity index (χ0v) is 14.8. The Morgan fingerprint density at radius 3 is 2.81 bits per heavy atom. The third-order valence-electron chi connectivity index (χ3n) is 4.02. The number of hydrogen-bond acceptors (Lipinski definition) is 3. The standard InChI is InChI=1S/C21H21FN4O/c22-18-9-10-20(19(23)13-18)25-21(27)11-8-17-14-24-26(15-17)12-4-7-16-5-2-1-3-6-16/h1-7,9-10,13-15H,8,11-12,23H2,(H,25,27)/b7-4+. The summed E-state index contributed by atoms with van der Waals surface area (Å²) in [6.45, 7) is 0.660. The van der Waals surface area contributed by atoms with Gasteiger partial charge in [0.1, 0.15) is 5.82 Å². The highest BCUT2D eigenvalue weighted by Crippen LogP contribution is 2.19. The summed E-state index contributed by atoms with van der Waals surface area (Å²) in [6.07, 6.45) is 8.63. The van der Waals surface area contributed by atoms with Gasteiger partial charge in [-0.3, -0.25) is 9.48 Å². The molecule has 1 heterocycles. The number of allylic oxidation sites excluding steroid dienone is 1. The molecule has 3 N–H and O–H groups in total. The SMILES string of the molecule is Nc1cc(F)ccc1NC(=O)CCc1cnn(C/C=C/c2ccccc2)c1. The Morgan fingerprint density at radius 1 is 1.22 bits per heavy atom. The van der Waals surface area contributed by atoms with Crippen molar-refractivity contribution in [1.82, 2.24) is 9.78 Å². The Labute approximate surface area is 157 Å². The van der Waals surface area contributed by atoms with Gasteiger partial charge in [0.2, 0.25) is 5.91 Å². The Balaban J connectivity index is 1.47. The number of nitrogens with one attached hydrogen (secondary N) is 1. The van der Waals surface area contributed by atoms with E-state index in [-0.39, 0.29) is 11.6 Å². The molecule has 138 valence electrons. The first-order valence-electron chi connectivity index (χ1n) is 8.68. The van der Waals surface area contributed by atoms with Crippen LogP contribution in [0.4, 0.5) is 15.8 Å². The molecule has 2 aromatic carbocycles. The molecule has 0 spiro atoms. The number of aryl methyl sites for hydroxylation is 1. The molecule has 6 heteroatoms. The van der Waals surface area contributed by atoms with Gasteiger partial charge in [-0.05, 0) is 35.7 Å². The zero-order chi connectivity index (χ0) is 19.1. The minimum atomic E-state index is -0.431. The van der Waals surface area contributed by atoms with Crippen LogP contribution in [-0.2, 0) is 17.8 Å². The van der Waals surface area contributed by atoms with Crippen LogP contribution in [0.1, 0.15) is 17.5 Å². The highest BCUT2D eigenvalue weighted by molar-refractivity contribution is 5.93. The van der Waals surface area contributed by atoms with Gasteiger partial charge >= 0.3 is 0 Å². The lowest BCUT2D eigenvalue weighted by Gasteiger charge is -2.07. The van der Waals surface area contributed by atoms with E-state index in [9.17, 15) is 9.18 Å². The van der Waals surface area contributed by atoms with Crippen molar-refractivity contribution in [2.45, 2.75) is 19.4 Å². The lowest BCUT2D eigenvalue weighted by atomic mass is 10.2. The van der Waals surface area contributed by atoms with Crippen molar-refractivity contribution < 1.29 is 9.18 Å². The number of carbonyl (C=O) groups excluding carboxylic acids is 1. The lowest BCUT2D eigenvalue weighted by molar-refractivity contribution is -0.116. The van der Waals surface area contributed by atoms with E-state index in [1.807, 2.05) is 53.4 Å². The second kappa shape index (κ2) is 8.80. The van der Waals surface area contributed by atoms with Crippen molar-refractivity contribution >= 4 is 23.4 Å². The fourth-order valence-electron chi connectivity index (χ4n) is 2.61. The topological polar surface area (TPSA) is 72.9 Å². The molecular formula is C21H21FN4O. The summed E-state index contributed by atoms with van der Waals surface area (Å²) in [6, 6.07) is 14.0. The van der Waals surface area contributed by atoms with E-state index in [1.54, 1.807) is 6.20 Å². The minimum absolute atomic E-state index is 0.176. The van der Waals surface area contributed by atoms with Gasteiger partial charge in [-0.2, -0.15) is 5.10 Å². The average Bonchev–Trinajstić information content (AvgIpc) is 3.11. The predicted octanol–water partition coefficient (Wildman–Crippen LogP) is 3.89. The van der Waals surface area contributed by atoms with Crippen LogP contribution in [0, 0.1) is 5.82 Å². The fraction of sp³-hybridized carbons (Fsp3) is 0.143. The maximum Gasteiger partial charge on any atom is 0.224 e. The van der Waals surface area contributed by atoms with E-state index in [0.717, 1.165) is 11.1 Å². The van der Waals surface area contributed by atoms with Crippen LogP contribution in [-0.4, -0.2) is 15.7 Å². The van der Waals surface area contributed by atoms with Crippen molar-refractivity contribution in [2.24, 2.45) is 0 Å². The average molecular weight is 364 g/mol. The number of benzene rings is 2. The molecule has 0 aliphatic heterocycles. The summed E-state index contributed by atoms with van der Waals surface area (Å²) >= 11 is 0. The third kappa shape index (κ3) is 5.54. The number of hydrogen-bond donors (Lipinski definition) is 2. The summed E-state index contributed by atoms with van der Waals surface area (Å²) < 4.78 is 14.9. The number of nitrogens with two attached hydrogens (primary N) is 1. The largest absolute Gasteiger partial charge is 0.397 e. The number of aromatic nitrogens is 2. The first-order chi connectivity index (χ1) is 13.1. The fourth-order valence-corrected chi connectivity index (χ4v) is 2.61. The quantitative estimate of drug-likeness (QED) is 0.625. The van der Waals surface area contributed by atoms with E-state index < -0.39 is 5.82 Å². The number of amides is 1. The monoisotopic (exact) mass is 364 g/mol. The summed E-state index contributed by atoms with van der Waals surface area (Å²) in [5, 5.41) is 7.00. The van der Waals surface area contributed by atoms with Gasteiger partial charge in [0.15, 0.2) is 0 Å². The van der Waals surface area contributed by atoms with Gasteiger partial charge in [-0.1, -0.05) is 42.5 Å². The Bertz CT molecular complexity index is 934.